The predicted octanol–water partition coefficient (Wildman–Crippen LogP) is 2.53. The van der Waals surface area contributed by atoms with E-state index in [4.69, 9.17) is 0 Å². The quantitative estimate of drug-likeness (QED) is 0.596. The smallest absolute Gasteiger partial charge is 0.269 e. The van der Waals surface area contributed by atoms with Crippen LogP contribution in [0, 0.1) is 0 Å². The molecule has 0 atom stereocenters. The second-order valence-electron chi connectivity index (χ2n) is 5.15. The van der Waals surface area contributed by atoms with E-state index in [1.54, 1.807) is 31.7 Å². The van der Waals surface area contributed by atoms with Gasteiger partial charge in [-0.1, -0.05) is 0 Å². The Kier molecular flexibility index (Phi) is 3.01. The number of aromatic nitrogens is 4. The number of carbonyl (C=O) groups is 1. The molecule has 4 aromatic rings. The molecule has 2 N–H and O–H groups in total. The molecule has 0 saturated heterocycles. The number of rotatable bonds is 2. The van der Waals surface area contributed by atoms with Crippen LogP contribution in [0.4, 0.5) is 0 Å². The number of carbonyl (C=O) groups excluding carboxylic acids is 1. The molecule has 0 radical (unpaired) electrons. The van der Waals surface area contributed by atoms with E-state index in [1.165, 1.54) is 0 Å². The Balaban J connectivity index is 1.79. The highest BCUT2D eigenvalue weighted by molar-refractivity contribution is 6.05. The summed E-state index contributed by atoms with van der Waals surface area (Å²) in [4.78, 5) is 27.8. The minimum Gasteiger partial charge on any atom is -0.354 e. The van der Waals surface area contributed by atoms with Crippen LogP contribution in [0.25, 0.3) is 33.2 Å². The maximum atomic E-state index is 11.5. The van der Waals surface area contributed by atoms with Gasteiger partial charge in [0.05, 0.1) is 17.4 Å². The molecule has 4 heterocycles. The molecule has 112 valence electrons. The Bertz CT molecular complexity index is 1020. The molecule has 4 rings (SSSR count). The average Bonchev–Trinajstić information content (AvgIpc) is 2.99. The molecule has 6 nitrogen and oxygen atoms in total. The fourth-order valence-corrected chi connectivity index (χ4v) is 2.60. The first-order valence-electron chi connectivity index (χ1n) is 7.17. The van der Waals surface area contributed by atoms with Crippen LogP contribution in [0.5, 0.6) is 0 Å². The fraction of sp³-hybridized carbons (Fsp3) is 0.0588. The highest BCUT2D eigenvalue weighted by atomic mass is 16.1. The fourth-order valence-electron chi connectivity index (χ4n) is 2.60. The van der Waals surface area contributed by atoms with Crippen molar-refractivity contribution in [3.8, 4) is 11.3 Å². The Labute approximate surface area is 131 Å². The summed E-state index contributed by atoms with van der Waals surface area (Å²) in [7, 11) is 1.58. The number of amides is 1. The second-order valence-corrected chi connectivity index (χ2v) is 5.15. The molecule has 0 spiro atoms. The van der Waals surface area contributed by atoms with Crippen LogP contribution in [0.3, 0.4) is 0 Å². The molecular weight excluding hydrogens is 290 g/mol. The lowest BCUT2D eigenvalue weighted by Crippen LogP contribution is -2.18. The summed E-state index contributed by atoms with van der Waals surface area (Å²) in [5, 5.41) is 4.71. The zero-order valence-electron chi connectivity index (χ0n) is 12.4. The lowest BCUT2D eigenvalue weighted by molar-refractivity contribution is 0.0958. The van der Waals surface area contributed by atoms with E-state index >= 15 is 0 Å². The molecule has 0 saturated carbocycles. The zero-order chi connectivity index (χ0) is 15.8. The topological polar surface area (TPSA) is 83.6 Å². The number of H-pyrrole nitrogens is 1. The van der Waals surface area contributed by atoms with Gasteiger partial charge in [-0.15, -0.1) is 0 Å². The minimum absolute atomic E-state index is 0.205. The van der Waals surface area contributed by atoms with Crippen molar-refractivity contribution in [1.29, 1.82) is 0 Å². The van der Waals surface area contributed by atoms with Crippen molar-refractivity contribution in [2.24, 2.45) is 0 Å². The van der Waals surface area contributed by atoms with Crippen molar-refractivity contribution < 1.29 is 4.79 Å². The van der Waals surface area contributed by atoms with E-state index in [1.807, 2.05) is 24.3 Å². The number of pyridine rings is 3. The summed E-state index contributed by atoms with van der Waals surface area (Å²) in [5.74, 6) is -0.205. The normalized spacial score (nSPS) is 11.0. The Morgan fingerprint density at radius 1 is 1.09 bits per heavy atom. The molecule has 0 unspecified atom stereocenters. The molecule has 4 aromatic heterocycles. The first-order chi connectivity index (χ1) is 11.3. The van der Waals surface area contributed by atoms with Crippen molar-refractivity contribution in [3.63, 3.8) is 0 Å². The van der Waals surface area contributed by atoms with Crippen LogP contribution < -0.4 is 5.32 Å². The SMILES string of the molecule is CNC(=O)c1ccc(-c2ccc3c(n2)[nH]c2cnccc23)cn1. The first-order valence-corrected chi connectivity index (χ1v) is 7.17. The van der Waals surface area contributed by atoms with Crippen molar-refractivity contribution >= 4 is 27.8 Å². The number of fused-ring (bicyclic) bond motifs is 3. The van der Waals surface area contributed by atoms with Crippen molar-refractivity contribution in [1.82, 2.24) is 25.3 Å². The summed E-state index contributed by atoms with van der Waals surface area (Å²) in [6.07, 6.45) is 5.21. The maximum Gasteiger partial charge on any atom is 0.269 e. The van der Waals surface area contributed by atoms with Crippen molar-refractivity contribution in [3.05, 3.63) is 54.6 Å². The molecule has 23 heavy (non-hydrogen) atoms. The number of nitrogens with one attached hydrogen (secondary N) is 2. The number of nitrogens with zero attached hydrogens (tertiary/aromatic N) is 3. The van der Waals surface area contributed by atoms with Crippen molar-refractivity contribution in [2.45, 2.75) is 0 Å². The minimum atomic E-state index is -0.205. The van der Waals surface area contributed by atoms with Gasteiger partial charge in [0, 0.05) is 35.8 Å². The third kappa shape index (κ3) is 2.20. The molecule has 0 fully saturated rings. The number of hydrogen-bond donors (Lipinski definition) is 2. The molecule has 0 aliphatic heterocycles. The summed E-state index contributed by atoms with van der Waals surface area (Å²) in [5.41, 5.74) is 3.81. The van der Waals surface area contributed by atoms with Gasteiger partial charge in [-0.25, -0.2) is 4.98 Å². The first kappa shape index (κ1) is 13.4. The Hall–Kier alpha value is -3.28. The van der Waals surface area contributed by atoms with E-state index in [9.17, 15) is 4.79 Å². The van der Waals surface area contributed by atoms with Crippen LogP contribution in [0.15, 0.2) is 48.9 Å². The van der Waals surface area contributed by atoms with Gasteiger partial charge in [0.15, 0.2) is 0 Å². The van der Waals surface area contributed by atoms with Gasteiger partial charge in [0.2, 0.25) is 0 Å². The highest BCUT2D eigenvalue weighted by Crippen LogP contribution is 2.26. The van der Waals surface area contributed by atoms with Gasteiger partial charge in [-0.3, -0.25) is 14.8 Å². The van der Waals surface area contributed by atoms with Gasteiger partial charge >= 0.3 is 0 Å². The summed E-state index contributed by atoms with van der Waals surface area (Å²) in [6, 6.07) is 9.48. The maximum absolute atomic E-state index is 11.5. The van der Waals surface area contributed by atoms with E-state index in [-0.39, 0.29) is 5.91 Å². The highest BCUT2D eigenvalue weighted by Gasteiger charge is 2.09. The van der Waals surface area contributed by atoms with E-state index < -0.39 is 0 Å². The third-order valence-corrected chi connectivity index (χ3v) is 3.78. The Morgan fingerprint density at radius 3 is 2.78 bits per heavy atom. The van der Waals surface area contributed by atoms with Crippen molar-refractivity contribution in [2.75, 3.05) is 7.05 Å². The van der Waals surface area contributed by atoms with Gasteiger partial charge in [0.25, 0.3) is 5.91 Å². The average molecular weight is 303 g/mol. The van der Waals surface area contributed by atoms with Crippen LogP contribution in [-0.4, -0.2) is 32.9 Å². The number of aromatic amines is 1. The zero-order valence-corrected chi connectivity index (χ0v) is 12.4. The summed E-state index contributed by atoms with van der Waals surface area (Å²) >= 11 is 0. The molecule has 6 heteroatoms. The molecule has 1 amide bonds. The van der Waals surface area contributed by atoms with Gasteiger partial charge < -0.3 is 10.3 Å². The van der Waals surface area contributed by atoms with Gasteiger partial charge in [0.1, 0.15) is 11.3 Å². The molecule has 0 aliphatic rings. The lowest BCUT2D eigenvalue weighted by Gasteiger charge is -2.03. The molecule has 0 bridgehead atoms. The standard InChI is InChI=1S/C17H13N5O/c1-18-17(23)14-4-2-10(8-20-14)13-5-3-12-11-6-7-19-9-15(11)22-16(12)21-13/h2-9H,1H3,(H,18,23)(H,21,22). The lowest BCUT2D eigenvalue weighted by atomic mass is 10.1. The van der Waals surface area contributed by atoms with Crippen LogP contribution >= 0.6 is 0 Å². The molecule has 0 aromatic carbocycles. The van der Waals surface area contributed by atoms with E-state index in [0.717, 1.165) is 33.2 Å². The van der Waals surface area contributed by atoms with Gasteiger partial charge in [-0.2, -0.15) is 0 Å². The molecule has 0 aliphatic carbocycles. The second kappa shape index (κ2) is 5.17. The summed E-state index contributed by atoms with van der Waals surface area (Å²) < 4.78 is 0. The largest absolute Gasteiger partial charge is 0.354 e. The van der Waals surface area contributed by atoms with E-state index in [2.05, 4.69) is 25.3 Å². The van der Waals surface area contributed by atoms with Crippen LogP contribution in [0.2, 0.25) is 0 Å². The number of hydrogen-bond acceptors (Lipinski definition) is 4. The monoisotopic (exact) mass is 303 g/mol. The van der Waals surface area contributed by atoms with Crippen LogP contribution in [-0.2, 0) is 0 Å². The molecular formula is C17H13N5O. The van der Waals surface area contributed by atoms with Gasteiger partial charge in [-0.05, 0) is 30.3 Å². The Morgan fingerprint density at radius 2 is 2.00 bits per heavy atom. The van der Waals surface area contributed by atoms with E-state index in [0.29, 0.717) is 5.69 Å². The third-order valence-electron chi connectivity index (χ3n) is 3.78. The predicted molar refractivity (Wildman–Crippen MR) is 88.0 cm³/mol. The van der Waals surface area contributed by atoms with Crippen LogP contribution in [0.1, 0.15) is 10.5 Å². The summed E-state index contributed by atoms with van der Waals surface area (Å²) in [6.45, 7) is 0.